The second-order valence-corrected chi connectivity index (χ2v) is 7.36. The minimum Gasteiger partial charge on any atom is -0.414 e. The molecule has 1 atom stereocenters. The van der Waals surface area contributed by atoms with E-state index in [1.165, 1.54) is 0 Å². The van der Waals surface area contributed by atoms with Crippen molar-refractivity contribution < 1.29 is 14.9 Å². The number of hydrogen-bond acceptors (Lipinski definition) is 4. The summed E-state index contributed by atoms with van der Waals surface area (Å²) in [5.41, 5.74) is 5.51. The summed E-state index contributed by atoms with van der Waals surface area (Å²) in [6.45, 7) is -0.317. The minimum absolute atomic E-state index is 0.000757. The fourth-order valence-corrected chi connectivity index (χ4v) is 3.56. The van der Waals surface area contributed by atoms with Crippen molar-refractivity contribution in [1.29, 1.82) is 0 Å². The lowest BCUT2D eigenvalue weighted by atomic mass is 9.55. The Hall–Kier alpha value is -3.25. The van der Waals surface area contributed by atoms with Crippen molar-refractivity contribution in [2.45, 2.75) is 19.3 Å². The van der Waals surface area contributed by atoms with Gasteiger partial charge in [0.05, 0.1) is 18.9 Å². The fraction of sp³-hybridized carbons (Fsp3) is 0.115. The van der Waals surface area contributed by atoms with E-state index in [9.17, 15) is 10.2 Å². The van der Waals surface area contributed by atoms with Gasteiger partial charge in [-0.05, 0) is 39.7 Å². The van der Waals surface area contributed by atoms with Gasteiger partial charge in [-0.1, -0.05) is 84.9 Å². The van der Waals surface area contributed by atoms with Gasteiger partial charge in [-0.15, -0.1) is 0 Å². The number of rotatable bonds is 8. The predicted molar refractivity (Wildman–Crippen MR) is 123 cm³/mol. The van der Waals surface area contributed by atoms with Crippen LogP contribution < -0.4 is 10.9 Å². The molecular weight excluding hydrogens is 385 g/mol. The summed E-state index contributed by atoms with van der Waals surface area (Å²) in [6, 6.07) is 31.5. The zero-order valence-corrected chi connectivity index (χ0v) is 17.1. The quantitative estimate of drug-likeness (QED) is 0.440. The van der Waals surface area contributed by atoms with Crippen molar-refractivity contribution in [1.82, 2.24) is 4.98 Å². The van der Waals surface area contributed by atoms with E-state index < -0.39 is 6.10 Å². The molecule has 2 N–H and O–H groups in total. The number of aliphatic hydroxyl groups excluding tert-OH is 2. The summed E-state index contributed by atoms with van der Waals surface area (Å²) in [4.78, 5) is 4.56. The molecule has 0 aliphatic carbocycles. The van der Waals surface area contributed by atoms with Gasteiger partial charge in [-0.3, -0.25) is 4.98 Å². The predicted octanol–water partition coefficient (Wildman–Crippen LogP) is 2.98. The van der Waals surface area contributed by atoms with E-state index in [1.54, 1.807) is 6.20 Å². The lowest BCUT2D eigenvalue weighted by Gasteiger charge is -2.24. The second kappa shape index (κ2) is 10.2. The van der Waals surface area contributed by atoms with E-state index in [-0.39, 0.29) is 20.1 Å². The van der Waals surface area contributed by atoms with Crippen LogP contribution in [0, 0.1) is 0 Å². The molecule has 0 radical (unpaired) electrons. The molecule has 4 rings (SSSR count). The minimum atomic E-state index is -0.392. The molecule has 4 aromatic rings. The van der Waals surface area contributed by atoms with E-state index in [4.69, 9.17) is 4.65 Å². The van der Waals surface area contributed by atoms with Crippen LogP contribution >= 0.6 is 0 Å². The van der Waals surface area contributed by atoms with Gasteiger partial charge >= 0.3 is 6.92 Å². The van der Waals surface area contributed by atoms with E-state index in [0.717, 1.165) is 33.3 Å². The first-order chi connectivity index (χ1) is 15.3. The van der Waals surface area contributed by atoms with Crippen LogP contribution in [0.5, 0.6) is 0 Å². The third kappa shape index (κ3) is 5.09. The van der Waals surface area contributed by atoms with Gasteiger partial charge in [-0.25, -0.2) is 0 Å². The molecule has 1 heterocycles. The SMILES string of the molecule is OCc1ccc(B(OC(c2ccc(CO)cc2)c2ccccn2)c2ccccc2)cc1. The molecule has 154 valence electrons. The topological polar surface area (TPSA) is 62.6 Å². The Morgan fingerprint density at radius 3 is 1.84 bits per heavy atom. The number of nitrogens with zero attached hydrogens (tertiary/aromatic N) is 1. The second-order valence-electron chi connectivity index (χ2n) is 7.36. The maximum absolute atomic E-state index is 9.41. The number of aliphatic hydroxyl groups is 2. The summed E-state index contributed by atoms with van der Waals surface area (Å²) in [6.07, 6.45) is 1.37. The molecule has 0 saturated heterocycles. The Kier molecular flexibility index (Phi) is 6.90. The van der Waals surface area contributed by atoms with Crippen molar-refractivity contribution in [3.8, 4) is 0 Å². The summed E-state index contributed by atoms with van der Waals surface area (Å²) in [5.74, 6) is 0. The van der Waals surface area contributed by atoms with E-state index in [2.05, 4.69) is 17.1 Å². The molecule has 0 aliphatic heterocycles. The summed E-state index contributed by atoms with van der Waals surface area (Å²) < 4.78 is 6.75. The lowest BCUT2D eigenvalue weighted by Crippen LogP contribution is -2.46. The summed E-state index contributed by atoms with van der Waals surface area (Å²) in [5, 5.41) is 18.8. The van der Waals surface area contributed by atoms with Gasteiger partial charge in [0.15, 0.2) is 0 Å². The van der Waals surface area contributed by atoms with Gasteiger partial charge in [0, 0.05) is 6.20 Å². The number of pyridine rings is 1. The van der Waals surface area contributed by atoms with Crippen molar-refractivity contribution in [3.05, 3.63) is 126 Å². The van der Waals surface area contributed by atoms with Crippen molar-refractivity contribution in [2.24, 2.45) is 0 Å². The van der Waals surface area contributed by atoms with Crippen LogP contribution in [0.2, 0.25) is 0 Å². The summed E-state index contributed by atoms with van der Waals surface area (Å²) >= 11 is 0. The summed E-state index contributed by atoms with van der Waals surface area (Å²) in [7, 11) is 0. The van der Waals surface area contributed by atoms with E-state index in [0.29, 0.717) is 0 Å². The Labute approximate surface area is 182 Å². The third-order valence-electron chi connectivity index (χ3n) is 5.26. The van der Waals surface area contributed by atoms with Crippen molar-refractivity contribution in [2.75, 3.05) is 0 Å². The van der Waals surface area contributed by atoms with Gasteiger partial charge in [0.1, 0.15) is 6.10 Å². The van der Waals surface area contributed by atoms with Gasteiger partial charge in [0.2, 0.25) is 0 Å². The molecule has 5 heteroatoms. The molecule has 1 aromatic heterocycles. The maximum atomic E-state index is 9.41. The van der Waals surface area contributed by atoms with Crippen LogP contribution in [0.4, 0.5) is 0 Å². The number of benzene rings is 3. The lowest BCUT2D eigenvalue weighted by molar-refractivity contribution is 0.252. The molecule has 0 saturated carbocycles. The highest BCUT2D eigenvalue weighted by molar-refractivity contribution is 6.80. The molecule has 0 aliphatic rings. The standard InChI is InChI=1S/C26H24BNO3/c29-18-20-9-13-22(14-10-20)26(25-8-4-5-17-28-25)31-27(23-6-2-1-3-7-23)24-15-11-21(19-30)12-16-24/h1-17,26,29-30H,18-19H2. The van der Waals surface area contributed by atoms with Gasteiger partial charge in [-0.2, -0.15) is 0 Å². The molecule has 0 fully saturated rings. The van der Waals surface area contributed by atoms with Crippen molar-refractivity contribution >= 4 is 17.8 Å². The molecule has 4 nitrogen and oxygen atoms in total. The highest BCUT2D eigenvalue weighted by Gasteiger charge is 2.28. The Balaban J connectivity index is 1.76. The first-order valence-electron chi connectivity index (χ1n) is 10.3. The average Bonchev–Trinajstić information content (AvgIpc) is 2.86. The molecule has 0 spiro atoms. The highest BCUT2D eigenvalue weighted by atomic mass is 16.4. The Bertz CT molecular complexity index is 982. The highest BCUT2D eigenvalue weighted by Crippen LogP contribution is 2.26. The normalized spacial score (nSPS) is 11.8. The zero-order valence-electron chi connectivity index (χ0n) is 17.1. The Morgan fingerprint density at radius 2 is 1.26 bits per heavy atom. The molecular formula is C26H24BNO3. The van der Waals surface area contributed by atoms with Crippen LogP contribution in [0.1, 0.15) is 28.5 Å². The largest absolute Gasteiger partial charge is 0.414 e. The Morgan fingerprint density at radius 1 is 0.677 bits per heavy atom. The molecule has 3 aromatic carbocycles. The van der Waals surface area contributed by atoms with Gasteiger partial charge < -0.3 is 14.9 Å². The van der Waals surface area contributed by atoms with Crippen LogP contribution in [-0.4, -0.2) is 22.1 Å². The zero-order chi connectivity index (χ0) is 21.5. The smallest absolute Gasteiger partial charge is 0.362 e. The fourth-order valence-electron chi connectivity index (χ4n) is 3.56. The van der Waals surface area contributed by atoms with Crippen LogP contribution in [0.25, 0.3) is 0 Å². The van der Waals surface area contributed by atoms with E-state index in [1.807, 2.05) is 84.9 Å². The number of aromatic nitrogens is 1. The molecule has 31 heavy (non-hydrogen) atoms. The van der Waals surface area contributed by atoms with Crippen LogP contribution in [0.3, 0.4) is 0 Å². The average molecular weight is 409 g/mol. The monoisotopic (exact) mass is 409 g/mol. The van der Waals surface area contributed by atoms with Gasteiger partial charge in [0.25, 0.3) is 0 Å². The maximum Gasteiger partial charge on any atom is 0.362 e. The number of hydrogen-bond donors (Lipinski definition) is 2. The first-order valence-corrected chi connectivity index (χ1v) is 10.3. The van der Waals surface area contributed by atoms with Crippen LogP contribution in [-0.2, 0) is 17.9 Å². The first kappa shape index (κ1) is 21.0. The van der Waals surface area contributed by atoms with E-state index >= 15 is 0 Å². The third-order valence-corrected chi connectivity index (χ3v) is 5.26. The molecule has 1 unspecified atom stereocenters. The van der Waals surface area contributed by atoms with Crippen molar-refractivity contribution in [3.63, 3.8) is 0 Å². The molecule has 0 bridgehead atoms. The molecule has 0 amide bonds. The van der Waals surface area contributed by atoms with Crippen LogP contribution in [0.15, 0.2) is 103 Å².